The number of rotatable bonds is 5. The van der Waals surface area contributed by atoms with Crippen molar-refractivity contribution in [2.75, 3.05) is 45.9 Å². The summed E-state index contributed by atoms with van der Waals surface area (Å²) in [5, 5.41) is 10.3. The van der Waals surface area contributed by atoms with Crippen LogP contribution in [0.15, 0.2) is 24.5 Å². The van der Waals surface area contributed by atoms with E-state index < -0.39 is 6.10 Å². The summed E-state index contributed by atoms with van der Waals surface area (Å²) >= 11 is 0. The van der Waals surface area contributed by atoms with Crippen molar-refractivity contribution in [2.45, 2.75) is 18.9 Å². The Hall–Kier alpha value is -1.50. The Kier molecular flexibility index (Phi) is 5.59. The van der Waals surface area contributed by atoms with Crippen molar-refractivity contribution in [3.63, 3.8) is 0 Å². The van der Waals surface area contributed by atoms with Gasteiger partial charge in [0.05, 0.1) is 19.3 Å². The van der Waals surface area contributed by atoms with Crippen molar-refractivity contribution < 1.29 is 14.6 Å². The van der Waals surface area contributed by atoms with E-state index in [1.807, 2.05) is 17.0 Å². The van der Waals surface area contributed by atoms with Crippen molar-refractivity contribution in [1.29, 1.82) is 0 Å². The van der Waals surface area contributed by atoms with Crippen LogP contribution in [-0.2, 0) is 16.0 Å². The molecule has 1 amide bonds. The number of nitrogens with zero attached hydrogens (tertiary/aromatic N) is 3. The van der Waals surface area contributed by atoms with Crippen LogP contribution in [0, 0.1) is 5.92 Å². The fourth-order valence-electron chi connectivity index (χ4n) is 3.32. The lowest BCUT2D eigenvalue weighted by Crippen LogP contribution is -2.39. The molecule has 3 heterocycles. The van der Waals surface area contributed by atoms with E-state index in [9.17, 15) is 9.90 Å². The number of morpholine rings is 1. The molecule has 2 atom stereocenters. The second-order valence-corrected chi connectivity index (χ2v) is 6.39. The van der Waals surface area contributed by atoms with Gasteiger partial charge in [-0.15, -0.1) is 0 Å². The Labute approximate surface area is 137 Å². The summed E-state index contributed by atoms with van der Waals surface area (Å²) in [4.78, 5) is 20.5. The van der Waals surface area contributed by atoms with E-state index in [1.54, 1.807) is 12.4 Å². The number of aromatic nitrogens is 1. The van der Waals surface area contributed by atoms with Gasteiger partial charge in [-0.1, -0.05) is 0 Å². The van der Waals surface area contributed by atoms with Crippen LogP contribution in [0.2, 0.25) is 0 Å². The van der Waals surface area contributed by atoms with Crippen LogP contribution in [-0.4, -0.2) is 77.8 Å². The highest BCUT2D eigenvalue weighted by Crippen LogP contribution is 2.22. The Morgan fingerprint density at radius 1 is 1.26 bits per heavy atom. The number of hydrogen-bond donors (Lipinski definition) is 1. The molecule has 2 aliphatic heterocycles. The fourth-order valence-corrected chi connectivity index (χ4v) is 3.32. The zero-order chi connectivity index (χ0) is 16.1. The summed E-state index contributed by atoms with van der Waals surface area (Å²) in [5.41, 5.74) is 1.16. The lowest BCUT2D eigenvalue weighted by atomic mass is 9.97. The topological polar surface area (TPSA) is 65.9 Å². The lowest BCUT2D eigenvalue weighted by molar-refractivity contribution is -0.131. The summed E-state index contributed by atoms with van der Waals surface area (Å²) in [6.07, 6.45) is 4.41. The smallest absolute Gasteiger partial charge is 0.223 e. The average Bonchev–Trinajstić information content (AvgIpc) is 2.95. The Morgan fingerprint density at radius 2 is 2.00 bits per heavy atom. The molecule has 1 aromatic rings. The molecule has 3 rings (SSSR count). The van der Waals surface area contributed by atoms with E-state index >= 15 is 0 Å². The maximum atomic E-state index is 12.4. The van der Waals surface area contributed by atoms with Crippen molar-refractivity contribution in [3.8, 4) is 0 Å². The van der Waals surface area contributed by atoms with Gasteiger partial charge >= 0.3 is 0 Å². The Balaban J connectivity index is 1.46. The molecule has 2 saturated heterocycles. The highest BCUT2D eigenvalue weighted by Gasteiger charge is 2.33. The number of β-amino-alcohol motifs (C(OH)–C–C–N with tert-alkyl or cyclic N) is 1. The molecule has 2 fully saturated rings. The van der Waals surface area contributed by atoms with Crippen LogP contribution in [0.25, 0.3) is 0 Å². The van der Waals surface area contributed by atoms with Gasteiger partial charge < -0.3 is 14.7 Å². The van der Waals surface area contributed by atoms with Crippen molar-refractivity contribution >= 4 is 5.91 Å². The third kappa shape index (κ3) is 4.50. The molecule has 126 valence electrons. The number of amides is 1. The van der Waals surface area contributed by atoms with Crippen LogP contribution >= 0.6 is 0 Å². The molecule has 1 aromatic heterocycles. The van der Waals surface area contributed by atoms with Crippen LogP contribution in [0.1, 0.15) is 12.0 Å². The molecular formula is C17H25N3O3. The van der Waals surface area contributed by atoms with E-state index in [0.29, 0.717) is 19.5 Å². The first-order chi connectivity index (χ1) is 11.2. The predicted octanol–water partition coefficient (Wildman–Crippen LogP) is 0.166. The number of likely N-dealkylation sites (tertiary alicyclic amines) is 1. The molecule has 2 aliphatic rings. The van der Waals surface area contributed by atoms with E-state index in [1.165, 1.54) is 0 Å². The van der Waals surface area contributed by atoms with Gasteiger partial charge in [-0.2, -0.15) is 0 Å². The average molecular weight is 319 g/mol. The maximum absolute atomic E-state index is 12.4. The molecular weight excluding hydrogens is 294 g/mol. The van der Waals surface area contributed by atoms with Crippen molar-refractivity contribution in [1.82, 2.24) is 14.8 Å². The van der Waals surface area contributed by atoms with Gasteiger partial charge in [-0.3, -0.25) is 14.7 Å². The van der Waals surface area contributed by atoms with Crippen LogP contribution in [0.5, 0.6) is 0 Å². The highest BCUT2D eigenvalue weighted by atomic mass is 16.5. The number of carbonyl (C=O) groups excluding carboxylic acids is 1. The van der Waals surface area contributed by atoms with Crippen molar-refractivity contribution in [3.05, 3.63) is 30.1 Å². The highest BCUT2D eigenvalue weighted by molar-refractivity contribution is 5.76. The third-order valence-corrected chi connectivity index (χ3v) is 4.75. The van der Waals surface area contributed by atoms with E-state index in [-0.39, 0.29) is 11.8 Å². The molecule has 23 heavy (non-hydrogen) atoms. The zero-order valence-corrected chi connectivity index (χ0v) is 13.4. The summed E-state index contributed by atoms with van der Waals surface area (Å²) in [7, 11) is 0. The van der Waals surface area contributed by atoms with Gasteiger partial charge in [0, 0.05) is 57.5 Å². The Bertz CT molecular complexity index is 505. The third-order valence-electron chi connectivity index (χ3n) is 4.75. The van der Waals surface area contributed by atoms with Gasteiger partial charge in [-0.25, -0.2) is 0 Å². The molecule has 0 bridgehead atoms. The van der Waals surface area contributed by atoms with Crippen LogP contribution in [0.4, 0.5) is 0 Å². The molecule has 0 aliphatic carbocycles. The number of aliphatic hydroxyl groups is 1. The van der Waals surface area contributed by atoms with Crippen molar-refractivity contribution in [2.24, 2.45) is 5.92 Å². The quantitative estimate of drug-likeness (QED) is 0.838. The van der Waals surface area contributed by atoms with Gasteiger partial charge in [0.1, 0.15) is 0 Å². The first-order valence-corrected chi connectivity index (χ1v) is 8.37. The number of pyridine rings is 1. The van der Waals surface area contributed by atoms with E-state index in [4.69, 9.17) is 4.74 Å². The van der Waals surface area contributed by atoms with Gasteiger partial charge in [0.15, 0.2) is 0 Å². The molecule has 0 radical (unpaired) electrons. The summed E-state index contributed by atoms with van der Waals surface area (Å²) < 4.78 is 5.32. The lowest BCUT2D eigenvalue weighted by Gasteiger charge is -2.27. The number of carbonyl (C=O) groups is 1. The molecule has 0 aromatic carbocycles. The Morgan fingerprint density at radius 3 is 2.74 bits per heavy atom. The van der Waals surface area contributed by atoms with Gasteiger partial charge in [0.2, 0.25) is 5.91 Å². The SMILES string of the molecule is O=C(CCN1CCOCC1)N1C[C@@H](Cc2ccncc2)[C@@H](O)C1. The predicted molar refractivity (Wildman–Crippen MR) is 85.9 cm³/mol. The first-order valence-electron chi connectivity index (χ1n) is 8.37. The van der Waals surface area contributed by atoms with Crippen LogP contribution in [0.3, 0.4) is 0 Å². The second-order valence-electron chi connectivity index (χ2n) is 6.39. The number of hydrogen-bond acceptors (Lipinski definition) is 5. The standard InChI is InChI=1S/C17H25N3O3/c21-16-13-20(12-15(16)11-14-1-4-18-5-2-14)17(22)3-6-19-7-9-23-10-8-19/h1-2,4-5,15-16,21H,3,6-13H2/t15-,16+/m1/s1. The molecule has 0 spiro atoms. The summed E-state index contributed by atoms with van der Waals surface area (Å²) in [6, 6.07) is 3.94. The van der Waals surface area contributed by atoms with E-state index in [2.05, 4.69) is 9.88 Å². The van der Waals surface area contributed by atoms with E-state index in [0.717, 1.165) is 44.8 Å². The molecule has 6 heteroatoms. The second kappa shape index (κ2) is 7.86. The molecule has 1 N–H and O–H groups in total. The summed E-state index contributed by atoms with van der Waals surface area (Å²) in [5.74, 6) is 0.262. The fraction of sp³-hybridized carbons (Fsp3) is 0.647. The number of aliphatic hydroxyl groups excluding tert-OH is 1. The first kappa shape index (κ1) is 16.4. The van der Waals surface area contributed by atoms with Gasteiger partial charge in [-0.05, 0) is 24.1 Å². The minimum atomic E-state index is -0.435. The molecule has 0 saturated carbocycles. The van der Waals surface area contributed by atoms with Gasteiger partial charge in [0.25, 0.3) is 0 Å². The monoisotopic (exact) mass is 319 g/mol. The molecule has 6 nitrogen and oxygen atoms in total. The largest absolute Gasteiger partial charge is 0.391 e. The number of ether oxygens (including phenoxy) is 1. The molecule has 0 unspecified atom stereocenters. The zero-order valence-electron chi connectivity index (χ0n) is 13.4. The minimum Gasteiger partial charge on any atom is -0.391 e. The maximum Gasteiger partial charge on any atom is 0.223 e. The summed E-state index contributed by atoms with van der Waals surface area (Å²) in [6.45, 7) is 5.20. The normalized spacial score (nSPS) is 25.7. The minimum absolute atomic E-state index is 0.115. The van der Waals surface area contributed by atoms with Crippen LogP contribution < -0.4 is 0 Å².